The van der Waals surface area contributed by atoms with Crippen LogP contribution >= 0.6 is 11.8 Å². The lowest BCUT2D eigenvalue weighted by molar-refractivity contribution is 0.0692. The van der Waals surface area contributed by atoms with Gasteiger partial charge in [0.05, 0.1) is 5.56 Å². The first kappa shape index (κ1) is 13.1. The SMILES string of the molecule is N#Cc1c(F)cccc1Sc1ncccc1C(=O)O. The molecule has 4 nitrogen and oxygen atoms in total. The second-order valence-electron chi connectivity index (χ2n) is 3.49. The summed E-state index contributed by atoms with van der Waals surface area (Å²) in [4.78, 5) is 15.3. The number of halogens is 1. The van der Waals surface area contributed by atoms with Gasteiger partial charge in [-0.1, -0.05) is 17.8 Å². The molecule has 19 heavy (non-hydrogen) atoms. The molecular formula is C13H7FN2O2S. The molecule has 0 aliphatic carbocycles. The normalized spacial score (nSPS) is 9.89. The molecule has 0 unspecified atom stereocenters. The molecule has 0 aliphatic heterocycles. The Bertz CT molecular complexity index is 683. The van der Waals surface area contributed by atoms with Gasteiger partial charge in [0.1, 0.15) is 22.5 Å². The number of benzene rings is 1. The Morgan fingerprint density at radius 3 is 2.84 bits per heavy atom. The molecule has 6 heteroatoms. The van der Waals surface area contributed by atoms with E-state index in [4.69, 9.17) is 10.4 Å². The highest BCUT2D eigenvalue weighted by molar-refractivity contribution is 7.99. The number of nitriles is 1. The molecule has 0 bridgehead atoms. The van der Waals surface area contributed by atoms with Gasteiger partial charge in [0.15, 0.2) is 0 Å². The van der Waals surface area contributed by atoms with E-state index in [-0.39, 0.29) is 16.2 Å². The molecule has 1 aromatic carbocycles. The molecule has 0 spiro atoms. The minimum atomic E-state index is -1.12. The van der Waals surface area contributed by atoms with E-state index in [2.05, 4.69) is 4.98 Å². The van der Waals surface area contributed by atoms with Crippen LogP contribution in [0.2, 0.25) is 0 Å². The van der Waals surface area contributed by atoms with Gasteiger partial charge in [0.2, 0.25) is 0 Å². The molecule has 0 fully saturated rings. The number of nitrogens with zero attached hydrogens (tertiary/aromatic N) is 2. The number of pyridine rings is 1. The first-order valence-corrected chi connectivity index (χ1v) is 6.00. The Hall–Kier alpha value is -2.39. The molecule has 1 heterocycles. The first-order valence-electron chi connectivity index (χ1n) is 5.18. The minimum Gasteiger partial charge on any atom is -0.478 e. The predicted octanol–water partition coefficient (Wildman–Crippen LogP) is 2.94. The van der Waals surface area contributed by atoms with Crippen LogP contribution in [0.25, 0.3) is 0 Å². The maximum absolute atomic E-state index is 13.4. The van der Waals surface area contributed by atoms with Crippen LogP contribution in [0.1, 0.15) is 15.9 Å². The number of aromatic carboxylic acids is 1. The molecule has 2 aromatic rings. The van der Waals surface area contributed by atoms with E-state index in [1.165, 1.54) is 30.5 Å². The Labute approximate surface area is 112 Å². The topological polar surface area (TPSA) is 74.0 Å². The molecule has 0 amide bonds. The summed E-state index contributed by atoms with van der Waals surface area (Å²) < 4.78 is 13.4. The molecule has 1 N–H and O–H groups in total. The lowest BCUT2D eigenvalue weighted by Crippen LogP contribution is -2.00. The Kier molecular flexibility index (Phi) is 3.78. The van der Waals surface area contributed by atoms with Crippen molar-refractivity contribution in [1.29, 1.82) is 5.26 Å². The molecule has 0 radical (unpaired) electrons. The summed E-state index contributed by atoms with van der Waals surface area (Å²) in [6.45, 7) is 0. The number of aromatic nitrogens is 1. The highest BCUT2D eigenvalue weighted by Gasteiger charge is 2.15. The third kappa shape index (κ3) is 2.72. The van der Waals surface area contributed by atoms with E-state index in [0.29, 0.717) is 4.90 Å². The summed E-state index contributed by atoms with van der Waals surface area (Å²) in [5.74, 6) is -1.76. The number of carboxylic acids is 1. The second-order valence-corrected chi connectivity index (χ2v) is 4.52. The summed E-state index contributed by atoms with van der Waals surface area (Å²) in [7, 11) is 0. The molecule has 2 rings (SSSR count). The van der Waals surface area contributed by atoms with E-state index in [1.807, 2.05) is 0 Å². The fourth-order valence-electron chi connectivity index (χ4n) is 1.44. The van der Waals surface area contributed by atoms with Crippen molar-refractivity contribution in [1.82, 2.24) is 4.98 Å². The van der Waals surface area contributed by atoms with Gasteiger partial charge >= 0.3 is 5.97 Å². The van der Waals surface area contributed by atoms with E-state index in [1.54, 1.807) is 12.1 Å². The van der Waals surface area contributed by atoms with Crippen molar-refractivity contribution in [2.45, 2.75) is 9.92 Å². The van der Waals surface area contributed by atoms with Gasteiger partial charge in [0.25, 0.3) is 0 Å². The van der Waals surface area contributed by atoms with Crippen molar-refractivity contribution in [3.63, 3.8) is 0 Å². The van der Waals surface area contributed by atoms with Gasteiger partial charge < -0.3 is 5.11 Å². The highest BCUT2D eigenvalue weighted by Crippen LogP contribution is 2.31. The van der Waals surface area contributed by atoms with Crippen molar-refractivity contribution in [3.8, 4) is 6.07 Å². The van der Waals surface area contributed by atoms with Gasteiger partial charge in [0, 0.05) is 11.1 Å². The molecule has 1 aromatic heterocycles. The first-order chi connectivity index (χ1) is 9.13. The zero-order chi connectivity index (χ0) is 13.8. The Morgan fingerprint density at radius 2 is 2.16 bits per heavy atom. The van der Waals surface area contributed by atoms with Crippen LogP contribution in [0, 0.1) is 17.1 Å². The summed E-state index contributed by atoms with van der Waals surface area (Å²) in [6, 6.07) is 8.86. The van der Waals surface area contributed by atoms with Crippen molar-refractivity contribution in [2.75, 3.05) is 0 Å². The van der Waals surface area contributed by atoms with Crippen molar-refractivity contribution < 1.29 is 14.3 Å². The maximum Gasteiger partial charge on any atom is 0.338 e. The van der Waals surface area contributed by atoms with Crippen molar-refractivity contribution >= 4 is 17.7 Å². The Balaban J connectivity index is 2.46. The largest absolute Gasteiger partial charge is 0.478 e. The average molecular weight is 274 g/mol. The molecule has 94 valence electrons. The number of hydrogen-bond acceptors (Lipinski definition) is 4. The second kappa shape index (κ2) is 5.50. The number of carboxylic acid groups (broad SMARTS) is 1. The van der Waals surface area contributed by atoms with Crippen molar-refractivity contribution in [3.05, 3.63) is 53.5 Å². The van der Waals surface area contributed by atoms with Gasteiger partial charge in [-0.3, -0.25) is 0 Å². The zero-order valence-electron chi connectivity index (χ0n) is 9.50. The van der Waals surface area contributed by atoms with Crippen LogP contribution in [0.5, 0.6) is 0 Å². The lowest BCUT2D eigenvalue weighted by Gasteiger charge is -2.06. The summed E-state index contributed by atoms with van der Waals surface area (Å²) in [5, 5.41) is 18.2. The van der Waals surface area contributed by atoms with Crippen LogP contribution in [-0.2, 0) is 0 Å². The summed E-state index contributed by atoms with van der Waals surface area (Å²) >= 11 is 0.953. The monoisotopic (exact) mass is 274 g/mol. The maximum atomic E-state index is 13.4. The average Bonchev–Trinajstić information content (AvgIpc) is 2.39. The molecule has 0 saturated heterocycles. The predicted molar refractivity (Wildman–Crippen MR) is 66.4 cm³/mol. The smallest absolute Gasteiger partial charge is 0.338 e. The molecule has 0 saturated carbocycles. The number of carbonyl (C=O) groups is 1. The molecule has 0 aliphatic rings. The van der Waals surface area contributed by atoms with Gasteiger partial charge in [-0.05, 0) is 24.3 Å². The van der Waals surface area contributed by atoms with E-state index in [0.717, 1.165) is 11.8 Å². The van der Waals surface area contributed by atoms with Gasteiger partial charge in [-0.15, -0.1) is 0 Å². The van der Waals surface area contributed by atoms with E-state index >= 15 is 0 Å². The molecule has 0 atom stereocenters. The van der Waals surface area contributed by atoms with Crippen LogP contribution in [0.4, 0.5) is 4.39 Å². The van der Waals surface area contributed by atoms with Gasteiger partial charge in [-0.2, -0.15) is 5.26 Å². The lowest BCUT2D eigenvalue weighted by atomic mass is 10.2. The van der Waals surface area contributed by atoms with E-state index in [9.17, 15) is 9.18 Å². The third-order valence-electron chi connectivity index (χ3n) is 2.30. The van der Waals surface area contributed by atoms with E-state index < -0.39 is 11.8 Å². The fourth-order valence-corrected chi connectivity index (χ4v) is 2.42. The minimum absolute atomic E-state index is 0.0145. The third-order valence-corrected chi connectivity index (χ3v) is 3.37. The zero-order valence-corrected chi connectivity index (χ0v) is 10.3. The number of rotatable bonds is 3. The van der Waals surface area contributed by atoms with Crippen LogP contribution in [0.15, 0.2) is 46.5 Å². The van der Waals surface area contributed by atoms with Crippen LogP contribution in [0.3, 0.4) is 0 Å². The highest BCUT2D eigenvalue weighted by atomic mass is 32.2. The fraction of sp³-hybridized carbons (Fsp3) is 0. The number of hydrogen-bond donors (Lipinski definition) is 1. The Morgan fingerprint density at radius 1 is 1.37 bits per heavy atom. The standard InChI is InChI=1S/C13H7FN2O2S/c14-10-4-1-5-11(9(10)7-15)19-12-8(13(17)18)3-2-6-16-12/h1-6H,(H,17,18). The van der Waals surface area contributed by atoms with Crippen molar-refractivity contribution in [2.24, 2.45) is 0 Å². The summed E-state index contributed by atoms with van der Waals surface area (Å²) in [6.07, 6.45) is 1.44. The summed E-state index contributed by atoms with van der Waals surface area (Å²) in [5.41, 5.74) is -0.102. The van der Waals surface area contributed by atoms with Gasteiger partial charge in [-0.25, -0.2) is 14.2 Å². The molecular weight excluding hydrogens is 267 g/mol. The van der Waals surface area contributed by atoms with Crippen LogP contribution in [-0.4, -0.2) is 16.1 Å². The van der Waals surface area contributed by atoms with Crippen LogP contribution < -0.4 is 0 Å². The quantitative estimate of drug-likeness (QED) is 0.931.